The second-order valence-electron chi connectivity index (χ2n) is 5.89. The van der Waals surface area contributed by atoms with Crippen LogP contribution >= 0.6 is 0 Å². The summed E-state index contributed by atoms with van der Waals surface area (Å²) >= 11 is 0. The highest BCUT2D eigenvalue weighted by atomic mass is 32.2. The van der Waals surface area contributed by atoms with Gasteiger partial charge in [0.05, 0.1) is 16.5 Å². The van der Waals surface area contributed by atoms with Crippen LogP contribution in [0.2, 0.25) is 0 Å². The summed E-state index contributed by atoms with van der Waals surface area (Å²) in [5.41, 5.74) is 3.53. The highest BCUT2D eigenvalue weighted by molar-refractivity contribution is 7.93. The van der Waals surface area contributed by atoms with Crippen molar-refractivity contribution in [1.82, 2.24) is 4.72 Å². The van der Waals surface area contributed by atoms with Crippen LogP contribution in [-0.4, -0.2) is 8.42 Å². The minimum absolute atomic E-state index is 0.360. The van der Waals surface area contributed by atoms with Gasteiger partial charge in [-0.05, 0) is 54.7 Å². The Morgan fingerprint density at radius 1 is 1.08 bits per heavy atom. The standard InChI is InChI=1S/C19H18N2O2S/c1-14(16-8-6-15(13-20)7-9-16)21-24(22,23)19-11-10-17-4-2-3-5-18(17)12-19/h2-9,12,14,21H,10-11H2,1H3. The van der Waals surface area contributed by atoms with E-state index in [9.17, 15) is 8.42 Å². The van der Waals surface area contributed by atoms with Gasteiger partial charge in [0.1, 0.15) is 0 Å². The molecule has 1 N–H and O–H groups in total. The molecule has 0 aromatic heterocycles. The van der Waals surface area contributed by atoms with Crippen molar-refractivity contribution in [2.75, 3.05) is 0 Å². The molecule has 0 aliphatic heterocycles. The summed E-state index contributed by atoms with van der Waals surface area (Å²) < 4.78 is 28.1. The lowest BCUT2D eigenvalue weighted by Gasteiger charge is -2.20. The van der Waals surface area contributed by atoms with E-state index in [-0.39, 0.29) is 6.04 Å². The first-order chi connectivity index (χ1) is 11.5. The molecule has 2 aromatic carbocycles. The highest BCUT2D eigenvalue weighted by Crippen LogP contribution is 2.27. The number of hydrogen-bond donors (Lipinski definition) is 1. The summed E-state index contributed by atoms with van der Waals surface area (Å²) in [5.74, 6) is 0. The number of sulfonamides is 1. The molecule has 4 nitrogen and oxygen atoms in total. The number of benzene rings is 2. The lowest BCUT2D eigenvalue weighted by Crippen LogP contribution is -2.28. The van der Waals surface area contributed by atoms with E-state index in [1.807, 2.05) is 24.3 Å². The van der Waals surface area contributed by atoms with Crippen LogP contribution in [0, 0.1) is 11.3 Å². The molecular weight excluding hydrogens is 320 g/mol. The number of hydrogen-bond acceptors (Lipinski definition) is 3. The molecule has 0 saturated carbocycles. The third-order valence-corrected chi connectivity index (χ3v) is 5.91. The molecule has 1 unspecified atom stereocenters. The third kappa shape index (κ3) is 3.40. The molecule has 1 aliphatic rings. The fourth-order valence-corrected chi connectivity index (χ4v) is 4.25. The Morgan fingerprint density at radius 2 is 1.79 bits per heavy atom. The summed E-state index contributed by atoms with van der Waals surface area (Å²) in [7, 11) is -3.54. The Hall–Kier alpha value is -2.42. The molecule has 0 bridgehead atoms. The maximum Gasteiger partial charge on any atom is 0.237 e. The minimum Gasteiger partial charge on any atom is -0.207 e. The Balaban J connectivity index is 1.81. The van der Waals surface area contributed by atoms with Crippen LogP contribution in [0.4, 0.5) is 0 Å². The van der Waals surface area contributed by atoms with Gasteiger partial charge in [0.25, 0.3) is 0 Å². The third-order valence-electron chi connectivity index (χ3n) is 4.23. The van der Waals surface area contributed by atoms with Crippen LogP contribution < -0.4 is 4.72 Å². The molecule has 3 rings (SSSR count). The Morgan fingerprint density at radius 3 is 2.50 bits per heavy atom. The van der Waals surface area contributed by atoms with Gasteiger partial charge in [-0.3, -0.25) is 0 Å². The molecule has 122 valence electrons. The van der Waals surface area contributed by atoms with Gasteiger partial charge in [-0.25, -0.2) is 13.1 Å². The summed E-state index contributed by atoms with van der Waals surface area (Å²) in [6.07, 6.45) is 2.99. The topological polar surface area (TPSA) is 70.0 Å². The number of aryl methyl sites for hydroxylation is 1. The van der Waals surface area contributed by atoms with Crippen LogP contribution in [0.1, 0.15) is 41.6 Å². The van der Waals surface area contributed by atoms with E-state index in [2.05, 4.69) is 10.8 Å². The summed E-state index contributed by atoms with van der Waals surface area (Å²) in [6, 6.07) is 16.5. The molecule has 2 aromatic rings. The molecule has 1 atom stereocenters. The summed E-state index contributed by atoms with van der Waals surface area (Å²) in [6.45, 7) is 1.80. The molecule has 0 spiro atoms. The maximum atomic E-state index is 12.7. The van der Waals surface area contributed by atoms with Gasteiger partial charge in [0.2, 0.25) is 10.0 Å². The van der Waals surface area contributed by atoms with Crippen molar-refractivity contribution >= 4 is 16.1 Å². The average molecular weight is 338 g/mol. The number of fused-ring (bicyclic) bond motifs is 1. The van der Waals surface area contributed by atoms with Crippen molar-refractivity contribution in [3.8, 4) is 6.07 Å². The lowest BCUT2D eigenvalue weighted by molar-refractivity contribution is 0.571. The molecule has 0 fully saturated rings. The zero-order valence-electron chi connectivity index (χ0n) is 13.4. The monoisotopic (exact) mass is 338 g/mol. The molecule has 1 aliphatic carbocycles. The zero-order chi connectivity index (χ0) is 17.2. The smallest absolute Gasteiger partial charge is 0.207 e. The van der Waals surface area contributed by atoms with Gasteiger partial charge < -0.3 is 0 Å². The highest BCUT2D eigenvalue weighted by Gasteiger charge is 2.23. The van der Waals surface area contributed by atoms with Gasteiger partial charge in [0, 0.05) is 6.04 Å². The fourth-order valence-electron chi connectivity index (χ4n) is 2.84. The second kappa shape index (κ2) is 6.60. The number of nitrogens with zero attached hydrogens (tertiary/aromatic N) is 1. The first-order valence-corrected chi connectivity index (χ1v) is 9.29. The number of nitrogens with one attached hydrogen (secondary N) is 1. The summed E-state index contributed by atoms with van der Waals surface area (Å²) in [4.78, 5) is 0.418. The average Bonchev–Trinajstić information content (AvgIpc) is 2.61. The zero-order valence-corrected chi connectivity index (χ0v) is 14.2. The van der Waals surface area contributed by atoms with Crippen molar-refractivity contribution in [3.05, 3.63) is 75.7 Å². The number of allylic oxidation sites excluding steroid dienone is 1. The quantitative estimate of drug-likeness (QED) is 0.927. The normalized spacial score (nSPS) is 15.1. The van der Waals surface area contributed by atoms with Crippen LogP contribution in [0.5, 0.6) is 0 Å². The molecule has 0 saturated heterocycles. The van der Waals surface area contributed by atoms with Gasteiger partial charge in [-0.2, -0.15) is 5.26 Å². The van der Waals surface area contributed by atoms with Crippen molar-refractivity contribution in [2.45, 2.75) is 25.8 Å². The molecule has 0 radical (unpaired) electrons. The Kier molecular flexibility index (Phi) is 4.52. The molecule has 5 heteroatoms. The van der Waals surface area contributed by atoms with Gasteiger partial charge >= 0.3 is 0 Å². The van der Waals surface area contributed by atoms with Crippen molar-refractivity contribution in [2.24, 2.45) is 0 Å². The van der Waals surface area contributed by atoms with E-state index < -0.39 is 10.0 Å². The van der Waals surface area contributed by atoms with Crippen LogP contribution in [-0.2, 0) is 16.4 Å². The number of nitriles is 1. The van der Waals surface area contributed by atoms with E-state index in [4.69, 9.17) is 5.26 Å². The molecular formula is C19H18N2O2S. The van der Waals surface area contributed by atoms with Crippen LogP contribution in [0.15, 0.2) is 53.4 Å². The van der Waals surface area contributed by atoms with E-state index >= 15 is 0 Å². The van der Waals surface area contributed by atoms with Gasteiger partial charge in [-0.1, -0.05) is 36.4 Å². The molecule has 24 heavy (non-hydrogen) atoms. The summed E-state index contributed by atoms with van der Waals surface area (Å²) in [5, 5.41) is 8.83. The Labute approximate surface area is 142 Å². The van der Waals surface area contributed by atoms with Crippen LogP contribution in [0.3, 0.4) is 0 Å². The SMILES string of the molecule is CC(NS(=O)(=O)C1=Cc2ccccc2CC1)c1ccc(C#N)cc1. The number of rotatable bonds is 4. The van der Waals surface area contributed by atoms with E-state index in [1.54, 1.807) is 37.3 Å². The maximum absolute atomic E-state index is 12.7. The van der Waals surface area contributed by atoms with Crippen molar-refractivity contribution in [1.29, 1.82) is 5.26 Å². The van der Waals surface area contributed by atoms with E-state index in [0.717, 1.165) is 17.5 Å². The molecule has 0 amide bonds. The predicted octanol–water partition coefficient (Wildman–Crippen LogP) is 3.53. The van der Waals surface area contributed by atoms with Crippen LogP contribution in [0.25, 0.3) is 6.08 Å². The fraction of sp³-hybridized carbons (Fsp3) is 0.211. The lowest BCUT2D eigenvalue weighted by atomic mass is 9.98. The second-order valence-corrected chi connectivity index (χ2v) is 7.65. The largest absolute Gasteiger partial charge is 0.237 e. The van der Waals surface area contributed by atoms with Crippen molar-refractivity contribution < 1.29 is 8.42 Å². The van der Waals surface area contributed by atoms with E-state index in [0.29, 0.717) is 16.9 Å². The first kappa shape index (κ1) is 16.4. The Bertz CT molecular complexity index is 923. The predicted molar refractivity (Wildman–Crippen MR) is 94.4 cm³/mol. The van der Waals surface area contributed by atoms with Gasteiger partial charge in [-0.15, -0.1) is 0 Å². The van der Waals surface area contributed by atoms with Crippen molar-refractivity contribution in [3.63, 3.8) is 0 Å². The first-order valence-electron chi connectivity index (χ1n) is 7.80. The minimum atomic E-state index is -3.54. The van der Waals surface area contributed by atoms with Gasteiger partial charge in [0.15, 0.2) is 0 Å². The molecule has 0 heterocycles. The van der Waals surface area contributed by atoms with E-state index in [1.165, 1.54) is 5.56 Å².